The maximum atomic E-state index is 13.8. The van der Waals surface area contributed by atoms with Crippen molar-refractivity contribution in [1.82, 2.24) is 39.5 Å². The highest BCUT2D eigenvalue weighted by molar-refractivity contribution is 6.03. The molecule has 3 N–H and O–H groups in total. The molecule has 1 atom stereocenters. The van der Waals surface area contributed by atoms with Gasteiger partial charge in [-0.2, -0.15) is 5.10 Å². The van der Waals surface area contributed by atoms with Gasteiger partial charge in [0.2, 0.25) is 11.8 Å². The molecule has 0 radical (unpaired) electrons. The van der Waals surface area contributed by atoms with E-state index in [9.17, 15) is 23.6 Å². The van der Waals surface area contributed by atoms with Gasteiger partial charge in [-0.1, -0.05) is 31.4 Å². The molecule has 0 spiro atoms. The zero-order chi connectivity index (χ0) is 35.5. The SMILES string of the molecule is Cn1c(=O)n(C2CCC(=O)NC2=O)c2cccc(C3CCN(CC4CCCCC4)CC3)c21.O=C(Nc1cc2cn[nH]c2cc1F)c1cnccn1.[HH].[HH]. The summed E-state index contributed by atoms with van der Waals surface area (Å²) in [6.07, 6.45) is 15.5. The minimum atomic E-state index is -0.628. The number of nitrogens with zero attached hydrogens (tertiary/aromatic N) is 6. The molecule has 1 aliphatic carbocycles. The molecule has 3 aromatic heterocycles. The van der Waals surface area contributed by atoms with Gasteiger partial charge in [0.1, 0.15) is 17.6 Å². The van der Waals surface area contributed by atoms with Gasteiger partial charge >= 0.3 is 5.69 Å². The summed E-state index contributed by atoms with van der Waals surface area (Å²) in [5.74, 6) is -0.419. The Hall–Kier alpha value is -5.24. The van der Waals surface area contributed by atoms with Crippen LogP contribution in [-0.2, 0) is 16.6 Å². The van der Waals surface area contributed by atoms with Crippen molar-refractivity contribution in [2.75, 3.05) is 25.0 Å². The van der Waals surface area contributed by atoms with Gasteiger partial charge in [-0.3, -0.25) is 38.9 Å². The first-order valence-electron chi connectivity index (χ1n) is 17.7. The second-order valence-electron chi connectivity index (χ2n) is 13.8. The predicted molar refractivity (Wildman–Crippen MR) is 194 cm³/mol. The van der Waals surface area contributed by atoms with E-state index < -0.39 is 17.8 Å². The Balaban J connectivity index is 0.000000222. The zero-order valence-electron chi connectivity index (χ0n) is 28.6. The highest BCUT2D eigenvalue weighted by Gasteiger charge is 2.33. The van der Waals surface area contributed by atoms with E-state index in [1.807, 2.05) is 12.1 Å². The normalized spacial score (nSPS) is 19.1. The van der Waals surface area contributed by atoms with E-state index >= 15 is 0 Å². The molecule has 13 nitrogen and oxygen atoms in total. The fourth-order valence-corrected chi connectivity index (χ4v) is 7.85. The summed E-state index contributed by atoms with van der Waals surface area (Å²) >= 11 is 0. The molecule has 3 fully saturated rings. The van der Waals surface area contributed by atoms with Crippen LogP contribution in [0.25, 0.3) is 21.9 Å². The van der Waals surface area contributed by atoms with Crippen LogP contribution in [0.1, 0.15) is 88.7 Å². The van der Waals surface area contributed by atoms with E-state index in [0.29, 0.717) is 23.2 Å². The van der Waals surface area contributed by atoms with Crippen molar-refractivity contribution in [2.45, 2.75) is 69.7 Å². The molecule has 8 rings (SSSR count). The number of para-hydroxylation sites is 1. The van der Waals surface area contributed by atoms with Crippen molar-refractivity contribution in [2.24, 2.45) is 13.0 Å². The third kappa shape index (κ3) is 7.32. The van der Waals surface area contributed by atoms with Crippen molar-refractivity contribution >= 4 is 45.3 Å². The minimum Gasteiger partial charge on any atom is -0.318 e. The number of nitrogens with one attached hydrogen (secondary N) is 3. The first-order chi connectivity index (χ1) is 24.8. The molecule has 5 aromatic rings. The predicted octanol–water partition coefficient (Wildman–Crippen LogP) is 5.31. The number of carbonyl (C=O) groups is 3. The molecule has 3 amide bonds. The number of H-pyrrole nitrogens is 1. The highest BCUT2D eigenvalue weighted by Crippen LogP contribution is 2.35. The number of piperidine rings is 2. The molecule has 14 heteroatoms. The standard InChI is InChI=1S/C25H34N4O3.C12H8FN5O.2H2/c1-27-23-19(18-12-14-28(15-13-18)16-17-6-3-2-4-7-17)8-5-9-20(23)29(25(27)32)21-10-11-22(30)26-24(21)31;13-8-4-9-7(5-16-18-9)3-10(8)17-12(19)11-6-14-1-2-15-11;;/h5,8-9,17-18,21H,2-4,6-7,10-16H2,1H3,(H,26,30,31);1-6H,(H,16,18)(H,17,19);2*1H. The van der Waals surface area contributed by atoms with Crippen LogP contribution in [0.4, 0.5) is 10.1 Å². The number of carbonyl (C=O) groups excluding carboxylic acids is 3. The molecule has 1 saturated carbocycles. The number of anilines is 1. The lowest BCUT2D eigenvalue weighted by atomic mass is 9.86. The summed E-state index contributed by atoms with van der Waals surface area (Å²) in [5.41, 5.74) is 3.53. The van der Waals surface area contributed by atoms with Crippen LogP contribution in [-0.4, -0.2) is 71.6 Å². The summed E-state index contributed by atoms with van der Waals surface area (Å²) in [6.45, 7) is 3.46. The smallest absolute Gasteiger partial charge is 0.318 e. The van der Waals surface area contributed by atoms with Gasteiger partial charge in [0, 0.05) is 46.7 Å². The Bertz CT molecular complexity index is 2120. The Morgan fingerprint density at radius 1 is 1.02 bits per heavy atom. The number of likely N-dealkylation sites (tertiary alicyclic amines) is 1. The van der Waals surface area contributed by atoms with Crippen LogP contribution >= 0.6 is 0 Å². The Kier molecular flexibility index (Phi) is 10.0. The van der Waals surface area contributed by atoms with Gasteiger partial charge in [0.25, 0.3) is 5.91 Å². The number of aromatic amines is 1. The number of aromatic nitrogens is 6. The topological polar surface area (TPSA) is 160 Å². The highest BCUT2D eigenvalue weighted by atomic mass is 19.1. The van der Waals surface area contributed by atoms with Crippen molar-refractivity contribution in [3.05, 3.63) is 82.7 Å². The lowest BCUT2D eigenvalue weighted by Gasteiger charge is -2.35. The Labute approximate surface area is 296 Å². The monoisotopic (exact) mass is 699 g/mol. The number of imide groups is 1. The molecular formula is C37H46FN9O4. The average Bonchev–Trinajstić information content (AvgIpc) is 3.70. The number of fused-ring (bicyclic) bond motifs is 2. The van der Waals surface area contributed by atoms with E-state index in [2.05, 4.69) is 41.8 Å². The molecule has 2 saturated heterocycles. The van der Waals surface area contributed by atoms with Crippen LogP contribution in [0, 0.1) is 11.7 Å². The molecule has 5 heterocycles. The fraction of sp³-hybridized carbons (Fsp3) is 0.432. The molecule has 2 aromatic carbocycles. The van der Waals surface area contributed by atoms with Crippen LogP contribution in [0.3, 0.4) is 0 Å². The number of hydrogen-bond donors (Lipinski definition) is 3. The molecular weight excluding hydrogens is 653 g/mol. The number of hydrogen-bond acceptors (Lipinski definition) is 8. The van der Waals surface area contributed by atoms with E-state index in [4.69, 9.17) is 0 Å². The number of amides is 3. The van der Waals surface area contributed by atoms with E-state index in [0.717, 1.165) is 42.9 Å². The summed E-state index contributed by atoms with van der Waals surface area (Å²) in [5, 5.41) is 12.0. The van der Waals surface area contributed by atoms with Crippen molar-refractivity contribution in [1.29, 1.82) is 0 Å². The Morgan fingerprint density at radius 2 is 1.82 bits per heavy atom. The maximum absolute atomic E-state index is 13.8. The summed E-state index contributed by atoms with van der Waals surface area (Å²) in [7, 11) is 1.80. The summed E-state index contributed by atoms with van der Waals surface area (Å²) < 4.78 is 17.1. The lowest BCUT2D eigenvalue weighted by Crippen LogP contribution is -2.44. The van der Waals surface area contributed by atoms with Gasteiger partial charge in [-0.25, -0.2) is 14.2 Å². The molecule has 0 bridgehead atoms. The van der Waals surface area contributed by atoms with Crippen molar-refractivity contribution < 1.29 is 21.6 Å². The van der Waals surface area contributed by atoms with Crippen molar-refractivity contribution in [3.63, 3.8) is 0 Å². The quantitative estimate of drug-likeness (QED) is 0.201. The van der Waals surface area contributed by atoms with Crippen molar-refractivity contribution in [3.8, 4) is 0 Å². The van der Waals surface area contributed by atoms with Gasteiger partial charge in [-0.15, -0.1) is 0 Å². The van der Waals surface area contributed by atoms with E-state index in [1.54, 1.807) is 22.4 Å². The van der Waals surface area contributed by atoms with Gasteiger partial charge in [-0.05, 0) is 74.7 Å². The third-order valence-corrected chi connectivity index (χ3v) is 10.5. The number of imidazole rings is 1. The first-order valence-corrected chi connectivity index (χ1v) is 17.7. The number of aryl methyl sites for hydroxylation is 1. The van der Waals surface area contributed by atoms with Crippen LogP contribution in [0.5, 0.6) is 0 Å². The largest absolute Gasteiger partial charge is 0.329 e. The zero-order valence-corrected chi connectivity index (χ0v) is 28.6. The van der Waals surface area contributed by atoms with E-state index in [1.165, 1.54) is 74.9 Å². The van der Waals surface area contributed by atoms with Crippen LogP contribution < -0.4 is 16.3 Å². The molecule has 1 unspecified atom stereocenters. The average molecular weight is 700 g/mol. The summed E-state index contributed by atoms with van der Waals surface area (Å²) in [6, 6.07) is 8.24. The first kappa shape index (κ1) is 34.2. The minimum absolute atomic E-state index is 0. The molecule has 2 aliphatic heterocycles. The number of rotatable bonds is 6. The second-order valence-corrected chi connectivity index (χ2v) is 13.8. The maximum Gasteiger partial charge on any atom is 0.329 e. The molecule has 3 aliphatic rings. The van der Waals surface area contributed by atoms with Gasteiger partial charge in [0.05, 0.1) is 34.6 Å². The van der Waals surface area contributed by atoms with Gasteiger partial charge in [0.15, 0.2) is 0 Å². The van der Waals surface area contributed by atoms with Gasteiger partial charge < -0.3 is 10.2 Å². The lowest BCUT2D eigenvalue weighted by molar-refractivity contribution is -0.135. The Morgan fingerprint density at radius 3 is 2.57 bits per heavy atom. The summed E-state index contributed by atoms with van der Waals surface area (Å²) in [4.78, 5) is 59.4. The number of halogens is 1. The fourth-order valence-electron chi connectivity index (χ4n) is 7.85. The van der Waals surface area contributed by atoms with E-state index in [-0.39, 0.29) is 38.2 Å². The van der Waals surface area contributed by atoms with Crippen LogP contribution in [0.2, 0.25) is 0 Å². The third-order valence-electron chi connectivity index (χ3n) is 10.5. The molecule has 270 valence electrons. The number of benzene rings is 2. The van der Waals surface area contributed by atoms with Crippen LogP contribution in [0.15, 0.2) is 59.9 Å². The second kappa shape index (κ2) is 14.9. The molecule has 51 heavy (non-hydrogen) atoms.